The average molecular weight is 314 g/mol. The van der Waals surface area contributed by atoms with Crippen molar-refractivity contribution in [3.05, 3.63) is 34.3 Å². The summed E-state index contributed by atoms with van der Waals surface area (Å²) in [5.74, 6) is -0.0674. The Morgan fingerprint density at radius 2 is 1.94 bits per heavy atom. The summed E-state index contributed by atoms with van der Waals surface area (Å²) < 4.78 is 0.932. The molecule has 0 aromatic heterocycles. The molecule has 0 heterocycles. The summed E-state index contributed by atoms with van der Waals surface area (Å²) in [6, 6.07) is 7.65. The molecule has 100 valence electrons. The number of aliphatic hydroxyl groups is 1. The normalized spacial score (nSPS) is 11.3. The standard InChI is InChI=1S/C14H20BrNO2/c1-3-14(18,4-2)10-16-13(17)9-11-7-5-6-8-12(11)15/h5-8,18H,3-4,9-10H2,1-2H3,(H,16,17). The maximum Gasteiger partial charge on any atom is 0.224 e. The summed E-state index contributed by atoms with van der Waals surface area (Å²) in [5.41, 5.74) is 0.162. The predicted molar refractivity (Wildman–Crippen MR) is 76.4 cm³/mol. The summed E-state index contributed by atoms with van der Waals surface area (Å²) in [6.45, 7) is 4.15. The van der Waals surface area contributed by atoms with Crippen molar-refractivity contribution in [1.29, 1.82) is 0 Å². The zero-order valence-electron chi connectivity index (χ0n) is 10.9. The van der Waals surface area contributed by atoms with Crippen LogP contribution in [-0.2, 0) is 11.2 Å². The number of carbonyl (C=O) groups excluding carboxylic acids is 1. The van der Waals surface area contributed by atoms with E-state index in [1.807, 2.05) is 38.1 Å². The van der Waals surface area contributed by atoms with E-state index in [2.05, 4.69) is 21.2 Å². The van der Waals surface area contributed by atoms with Crippen molar-refractivity contribution in [3.8, 4) is 0 Å². The molecule has 1 aromatic carbocycles. The number of rotatable bonds is 6. The monoisotopic (exact) mass is 313 g/mol. The van der Waals surface area contributed by atoms with Crippen molar-refractivity contribution >= 4 is 21.8 Å². The molecule has 0 saturated carbocycles. The highest BCUT2D eigenvalue weighted by molar-refractivity contribution is 9.10. The van der Waals surface area contributed by atoms with Crippen LogP contribution in [0.15, 0.2) is 28.7 Å². The van der Waals surface area contributed by atoms with Crippen LogP contribution < -0.4 is 5.32 Å². The molecular formula is C14H20BrNO2. The third kappa shape index (κ3) is 4.42. The third-order valence-corrected chi connectivity index (χ3v) is 4.01. The van der Waals surface area contributed by atoms with Gasteiger partial charge in [0.15, 0.2) is 0 Å². The number of halogens is 1. The molecule has 0 fully saturated rings. The van der Waals surface area contributed by atoms with Crippen LogP contribution in [0.2, 0.25) is 0 Å². The molecule has 0 unspecified atom stereocenters. The van der Waals surface area contributed by atoms with Gasteiger partial charge in [-0.2, -0.15) is 0 Å². The Morgan fingerprint density at radius 3 is 2.50 bits per heavy atom. The van der Waals surface area contributed by atoms with E-state index in [4.69, 9.17) is 0 Å². The largest absolute Gasteiger partial charge is 0.388 e. The van der Waals surface area contributed by atoms with Crippen LogP contribution in [0, 0.1) is 0 Å². The first kappa shape index (κ1) is 15.2. The molecule has 0 bridgehead atoms. The van der Waals surface area contributed by atoms with Crippen molar-refractivity contribution in [2.75, 3.05) is 6.54 Å². The van der Waals surface area contributed by atoms with E-state index in [-0.39, 0.29) is 5.91 Å². The van der Waals surface area contributed by atoms with E-state index in [9.17, 15) is 9.90 Å². The SMILES string of the molecule is CCC(O)(CC)CNC(=O)Cc1ccccc1Br. The first-order valence-electron chi connectivity index (χ1n) is 6.23. The predicted octanol–water partition coefficient (Wildman–Crippen LogP) is 2.66. The minimum absolute atomic E-state index is 0.0674. The molecule has 0 saturated heterocycles. The van der Waals surface area contributed by atoms with Crippen LogP contribution in [0.4, 0.5) is 0 Å². The minimum Gasteiger partial charge on any atom is -0.388 e. The number of nitrogens with one attached hydrogen (secondary N) is 1. The zero-order chi connectivity index (χ0) is 13.6. The van der Waals surface area contributed by atoms with E-state index >= 15 is 0 Å². The highest BCUT2D eigenvalue weighted by atomic mass is 79.9. The summed E-state index contributed by atoms with van der Waals surface area (Å²) in [7, 11) is 0. The van der Waals surface area contributed by atoms with Crippen LogP contribution in [0.1, 0.15) is 32.3 Å². The van der Waals surface area contributed by atoms with Crippen LogP contribution in [0.25, 0.3) is 0 Å². The van der Waals surface area contributed by atoms with E-state index in [1.165, 1.54) is 0 Å². The van der Waals surface area contributed by atoms with E-state index in [0.717, 1.165) is 10.0 Å². The first-order chi connectivity index (χ1) is 8.50. The molecular weight excluding hydrogens is 294 g/mol. The highest BCUT2D eigenvalue weighted by Crippen LogP contribution is 2.17. The molecule has 1 aromatic rings. The second-order valence-corrected chi connectivity index (χ2v) is 5.33. The van der Waals surface area contributed by atoms with Gasteiger partial charge < -0.3 is 10.4 Å². The molecule has 0 radical (unpaired) electrons. The van der Waals surface area contributed by atoms with Gasteiger partial charge in [0.05, 0.1) is 12.0 Å². The molecule has 4 heteroatoms. The van der Waals surface area contributed by atoms with Crippen molar-refractivity contribution in [1.82, 2.24) is 5.32 Å². The average Bonchev–Trinajstić information content (AvgIpc) is 2.39. The Labute approximate surface area is 117 Å². The summed E-state index contributed by atoms with van der Waals surface area (Å²) in [6.07, 6.45) is 1.60. The Kier molecular flexibility index (Phi) is 5.82. The van der Waals surface area contributed by atoms with Gasteiger partial charge in [0.2, 0.25) is 5.91 Å². The fraction of sp³-hybridized carbons (Fsp3) is 0.500. The summed E-state index contributed by atoms with van der Waals surface area (Å²) in [4.78, 5) is 11.8. The summed E-state index contributed by atoms with van der Waals surface area (Å²) >= 11 is 3.41. The van der Waals surface area contributed by atoms with Crippen molar-refractivity contribution in [2.45, 2.75) is 38.7 Å². The molecule has 1 amide bonds. The Hall–Kier alpha value is -0.870. The quantitative estimate of drug-likeness (QED) is 0.848. The van der Waals surface area contributed by atoms with Gasteiger partial charge in [0, 0.05) is 11.0 Å². The van der Waals surface area contributed by atoms with Crippen molar-refractivity contribution in [3.63, 3.8) is 0 Å². The van der Waals surface area contributed by atoms with Gasteiger partial charge in [-0.05, 0) is 24.5 Å². The molecule has 18 heavy (non-hydrogen) atoms. The van der Waals surface area contributed by atoms with E-state index in [1.54, 1.807) is 0 Å². The second kappa shape index (κ2) is 6.90. The lowest BCUT2D eigenvalue weighted by Crippen LogP contribution is -2.42. The van der Waals surface area contributed by atoms with Crippen LogP contribution >= 0.6 is 15.9 Å². The molecule has 2 N–H and O–H groups in total. The zero-order valence-corrected chi connectivity index (χ0v) is 12.5. The second-order valence-electron chi connectivity index (χ2n) is 4.48. The van der Waals surface area contributed by atoms with Gasteiger partial charge in [-0.3, -0.25) is 4.79 Å². The fourth-order valence-electron chi connectivity index (χ4n) is 1.64. The Balaban J connectivity index is 2.50. The third-order valence-electron chi connectivity index (χ3n) is 3.24. The van der Waals surface area contributed by atoms with Gasteiger partial charge in [-0.15, -0.1) is 0 Å². The topological polar surface area (TPSA) is 49.3 Å². The fourth-order valence-corrected chi connectivity index (χ4v) is 2.07. The molecule has 3 nitrogen and oxygen atoms in total. The van der Waals surface area contributed by atoms with Gasteiger partial charge in [-0.1, -0.05) is 48.0 Å². The minimum atomic E-state index is -0.788. The number of hydrogen-bond acceptors (Lipinski definition) is 2. The van der Waals surface area contributed by atoms with Crippen LogP contribution in [-0.4, -0.2) is 23.2 Å². The number of carbonyl (C=O) groups is 1. The molecule has 0 spiro atoms. The Bertz CT molecular complexity index is 403. The van der Waals surface area contributed by atoms with Gasteiger partial charge in [-0.25, -0.2) is 0 Å². The smallest absolute Gasteiger partial charge is 0.224 e. The lowest BCUT2D eigenvalue weighted by molar-refractivity contribution is -0.121. The highest BCUT2D eigenvalue weighted by Gasteiger charge is 2.22. The van der Waals surface area contributed by atoms with Crippen LogP contribution in [0.3, 0.4) is 0 Å². The number of benzene rings is 1. The molecule has 0 atom stereocenters. The van der Waals surface area contributed by atoms with E-state index in [0.29, 0.717) is 25.8 Å². The maximum absolute atomic E-state index is 11.8. The maximum atomic E-state index is 11.8. The van der Waals surface area contributed by atoms with Crippen LogP contribution in [0.5, 0.6) is 0 Å². The summed E-state index contributed by atoms with van der Waals surface area (Å²) in [5, 5.41) is 12.9. The van der Waals surface area contributed by atoms with Gasteiger partial charge in [0.25, 0.3) is 0 Å². The van der Waals surface area contributed by atoms with Crippen molar-refractivity contribution in [2.24, 2.45) is 0 Å². The van der Waals surface area contributed by atoms with Gasteiger partial charge >= 0.3 is 0 Å². The molecule has 0 aliphatic heterocycles. The first-order valence-corrected chi connectivity index (χ1v) is 7.02. The number of hydrogen-bond donors (Lipinski definition) is 2. The van der Waals surface area contributed by atoms with Crippen molar-refractivity contribution < 1.29 is 9.90 Å². The van der Waals surface area contributed by atoms with E-state index < -0.39 is 5.60 Å². The Morgan fingerprint density at radius 1 is 1.33 bits per heavy atom. The lowest BCUT2D eigenvalue weighted by Gasteiger charge is -2.25. The van der Waals surface area contributed by atoms with Gasteiger partial charge in [0.1, 0.15) is 0 Å². The lowest BCUT2D eigenvalue weighted by atomic mass is 9.97. The molecule has 0 aliphatic carbocycles. The molecule has 0 aliphatic rings. The number of amides is 1. The molecule has 1 rings (SSSR count).